The second-order valence-corrected chi connectivity index (χ2v) is 3.43. The molecule has 17 heavy (non-hydrogen) atoms. The van der Waals surface area contributed by atoms with Gasteiger partial charge < -0.3 is 19.3 Å². The van der Waals surface area contributed by atoms with Crippen molar-refractivity contribution in [2.75, 3.05) is 20.8 Å². The summed E-state index contributed by atoms with van der Waals surface area (Å²) >= 11 is 0. The van der Waals surface area contributed by atoms with Gasteiger partial charge in [-0.05, 0) is 17.7 Å². The zero-order valence-electron chi connectivity index (χ0n) is 10.1. The molecule has 1 atom stereocenters. The van der Waals surface area contributed by atoms with E-state index in [1.165, 1.54) is 21.1 Å². The predicted molar refractivity (Wildman–Crippen MR) is 61.1 cm³/mol. The SMILES string of the molecule is COc1ccc(C(O)COC(C)=O)cc1OC. The molecule has 0 aliphatic heterocycles. The lowest BCUT2D eigenvalue weighted by Crippen LogP contribution is -2.10. The molecule has 0 heterocycles. The van der Waals surface area contributed by atoms with Crippen LogP contribution in [0.1, 0.15) is 18.6 Å². The fourth-order valence-corrected chi connectivity index (χ4v) is 1.35. The Morgan fingerprint density at radius 2 is 1.94 bits per heavy atom. The number of benzene rings is 1. The zero-order valence-corrected chi connectivity index (χ0v) is 10.1. The predicted octanol–water partition coefficient (Wildman–Crippen LogP) is 1.30. The number of ether oxygens (including phenoxy) is 3. The number of hydrogen-bond acceptors (Lipinski definition) is 5. The molecule has 1 unspecified atom stereocenters. The molecule has 1 aromatic rings. The molecule has 5 heteroatoms. The van der Waals surface area contributed by atoms with Crippen LogP contribution >= 0.6 is 0 Å². The molecule has 94 valence electrons. The van der Waals surface area contributed by atoms with Crippen LogP contribution in [0, 0.1) is 0 Å². The van der Waals surface area contributed by atoms with Crippen LogP contribution in [0.15, 0.2) is 18.2 Å². The highest BCUT2D eigenvalue weighted by atomic mass is 16.5. The van der Waals surface area contributed by atoms with Crippen LogP contribution < -0.4 is 9.47 Å². The summed E-state index contributed by atoms with van der Waals surface area (Å²) in [6, 6.07) is 5.02. The molecule has 0 amide bonds. The maximum absolute atomic E-state index is 10.6. The first-order chi connectivity index (χ1) is 8.08. The van der Waals surface area contributed by atoms with Gasteiger partial charge in [0.15, 0.2) is 11.5 Å². The molecular weight excluding hydrogens is 224 g/mol. The summed E-state index contributed by atoms with van der Waals surface area (Å²) < 4.78 is 14.9. The number of hydrogen-bond donors (Lipinski definition) is 1. The maximum Gasteiger partial charge on any atom is 0.302 e. The number of methoxy groups -OCH3 is 2. The van der Waals surface area contributed by atoms with Gasteiger partial charge in [0, 0.05) is 6.92 Å². The third-order valence-electron chi connectivity index (χ3n) is 2.24. The minimum atomic E-state index is -0.876. The molecule has 0 spiro atoms. The minimum absolute atomic E-state index is 0.0786. The summed E-state index contributed by atoms with van der Waals surface area (Å²) in [5.74, 6) is 0.673. The Balaban J connectivity index is 2.80. The minimum Gasteiger partial charge on any atom is -0.493 e. The van der Waals surface area contributed by atoms with Gasteiger partial charge in [0.05, 0.1) is 14.2 Å². The van der Waals surface area contributed by atoms with Crippen LogP contribution in [0.2, 0.25) is 0 Å². The number of rotatable bonds is 5. The first kappa shape index (κ1) is 13.3. The van der Waals surface area contributed by atoms with Crippen LogP contribution in [0.4, 0.5) is 0 Å². The van der Waals surface area contributed by atoms with E-state index in [-0.39, 0.29) is 6.61 Å². The van der Waals surface area contributed by atoms with Gasteiger partial charge in [-0.25, -0.2) is 0 Å². The molecule has 0 aliphatic rings. The van der Waals surface area contributed by atoms with Gasteiger partial charge in [0.1, 0.15) is 12.7 Å². The van der Waals surface area contributed by atoms with E-state index in [9.17, 15) is 9.90 Å². The van der Waals surface area contributed by atoms with E-state index in [2.05, 4.69) is 0 Å². The lowest BCUT2D eigenvalue weighted by molar-refractivity contribution is -0.144. The Hall–Kier alpha value is -1.75. The van der Waals surface area contributed by atoms with E-state index in [1.54, 1.807) is 18.2 Å². The van der Waals surface area contributed by atoms with Crippen molar-refractivity contribution in [3.63, 3.8) is 0 Å². The Bertz CT molecular complexity index is 388. The van der Waals surface area contributed by atoms with Crippen molar-refractivity contribution in [1.82, 2.24) is 0 Å². The standard InChI is InChI=1S/C12H16O5/c1-8(13)17-7-10(14)9-4-5-11(15-2)12(6-9)16-3/h4-6,10,14H,7H2,1-3H3. The van der Waals surface area contributed by atoms with Gasteiger partial charge in [-0.2, -0.15) is 0 Å². The van der Waals surface area contributed by atoms with Crippen molar-refractivity contribution < 1.29 is 24.1 Å². The highest BCUT2D eigenvalue weighted by Crippen LogP contribution is 2.29. The Morgan fingerprint density at radius 3 is 2.47 bits per heavy atom. The number of carbonyl (C=O) groups is 1. The molecule has 0 fully saturated rings. The average Bonchev–Trinajstić information content (AvgIpc) is 2.34. The largest absolute Gasteiger partial charge is 0.493 e. The molecule has 0 aromatic heterocycles. The molecular formula is C12H16O5. The fraction of sp³-hybridized carbons (Fsp3) is 0.417. The summed E-state index contributed by atoms with van der Waals surface area (Å²) in [6.45, 7) is 1.21. The highest BCUT2D eigenvalue weighted by Gasteiger charge is 2.12. The van der Waals surface area contributed by atoms with E-state index >= 15 is 0 Å². The number of esters is 1. The van der Waals surface area contributed by atoms with Crippen molar-refractivity contribution >= 4 is 5.97 Å². The molecule has 5 nitrogen and oxygen atoms in total. The summed E-state index contributed by atoms with van der Waals surface area (Å²) in [7, 11) is 3.05. The van der Waals surface area contributed by atoms with Crippen molar-refractivity contribution in [3.05, 3.63) is 23.8 Å². The monoisotopic (exact) mass is 240 g/mol. The van der Waals surface area contributed by atoms with Crippen molar-refractivity contribution in [2.45, 2.75) is 13.0 Å². The number of carbonyl (C=O) groups excluding carboxylic acids is 1. The molecule has 0 saturated heterocycles. The van der Waals surface area contributed by atoms with E-state index in [1.807, 2.05) is 0 Å². The van der Waals surface area contributed by atoms with Gasteiger partial charge >= 0.3 is 5.97 Å². The first-order valence-corrected chi connectivity index (χ1v) is 5.11. The van der Waals surface area contributed by atoms with Crippen LogP contribution in [-0.4, -0.2) is 31.9 Å². The molecule has 0 saturated carbocycles. The first-order valence-electron chi connectivity index (χ1n) is 5.11. The summed E-state index contributed by atoms with van der Waals surface area (Å²) in [5.41, 5.74) is 0.601. The second-order valence-electron chi connectivity index (χ2n) is 3.43. The molecule has 0 bridgehead atoms. The lowest BCUT2D eigenvalue weighted by atomic mass is 10.1. The molecule has 0 radical (unpaired) electrons. The average molecular weight is 240 g/mol. The fourth-order valence-electron chi connectivity index (χ4n) is 1.35. The normalized spacial score (nSPS) is 11.8. The smallest absolute Gasteiger partial charge is 0.302 e. The van der Waals surface area contributed by atoms with Gasteiger partial charge in [0.2, 0.25) is 0 Å². The highest BCUT2D eigenvalue weighted by molar-refractivity contribution is 5.65. The second kappa shape index (κ2) is 6.10. The van der Waals surface area contributed by atoms with E-state index in [0.717, 1.165) is 0 Å². The Labute approximate surface area is 99.9 Å². The quantitative estimate of drug-likeness (QED) is 0.786. The summed E-state index contributed by atoms with van der Waals surface area (Å²) in [5, 5.41) is 9.78. The van der Waals surface area contributed by atoms with Crippen LogP contribution in [-0.2, 0) is 9.53 Å². The summed E-state index contributed by atoms with van der Waals surface area (Å²) in [4.78, 5) is 10.6. The lowest BCUT2D eigenvalue weighted by Gasteiger charge is -2.13. The third-order valence-corrected chi connectivity index (χ3v) is 2.24. The van der Waals surface area contributed by atoms with Crippen LogP contribution in [0.3, 0.4) is 0 Å². The van der Waals surface area contributed by atoms with Crippen molar-refractivity contribution in [3.8, 4) is 11.5 Å². The Morgan fingerprint density at radius 1 is 1.29 bits per heavy atom. The van der Waals surface area contributed by atoms with E-state index in [0.29, 0.717) is 17.1 Å². The van der Waals surface area contributed by atoms with Gasteiger partial charge in [-0.15, -0.1) is 0 Å². The zero-order chi connectivity index (χ0) is 12.8. The number of aliphatic hydroxyl groups excluding tert-OH is 1. The van der Waals surface area contributed by atoms with Crippen LogP contribution in [0.5, 0.6) is 11.5 Å². The van der Waals surface area contributed by atoms with Gasteiger partial charge in [0.25, 0.3) is 0 Å². The molecule has 1 rings (SSSR count). The van der Waals surface area contributed by atoms with E-state index < -0.39 is 12.1 Å². The molecule has 1 N–H and O–H groups in total. The topological polar surface area (TPSA) is 65.0 Å². The van der Waals surface area contributed by atoms with Crippen molar-refractivity contribution in [1.29, 1.82) is 0 Å². The van der Waals surface area contributed by atoms with E-state index in [4.69, 9.17) is 14.2 Å². The molecule has 1 aromatic carbocycles. The summed E-state index contributed by atoms with van der Waals surface area (Å²) in [6.07, 6.45) is -0.876. The van der Waals surface area contributed by atoms with Gasteiger partial charge in [-0.3, -0.25) is 4.79 Å². The van der Waals surface area contributed by atoms with Gasteiger partial charge in [-0.1, -0.05) is 6.07 Å². The maximum atomic E-state index is 10.6. The molecule has 0 aliphatic carbocycles. The Kier molecular flexibility index (Phi) is 4.78. The van der Waals surface area contributed by atoms with Crippen LogP contribution in [0.25, 0.3) is 0 Å². The third kappa shape index (κ3) is 3.64. The number of aliphatic hydroxyl groups is 1. The van der Waals surface area contributed by atoms with Crippen molar-refractivity contribution in [2.24, 2.45) is 0 Å².